The van der Waals surface area contributed by atoms with E-state index in [9.17, 15) is 4.79 Å². The fourth-order valence-electron chi connectivity index (χ4n) is 0.688. The molecular formula is C11H25NO5S. The summed E-state index contributed by atoms with van der Waals surface area (Å²) >= 11 is 0. The van der Waals surface area contributed by atoms with Crippen molar-refractivity contribution in [2.75, 3.05) is 33.5 Å². The average molecular weight is 283 g/mol. The number of hydrogen-bond acceptors (Lipinski definition) is 5. The van der Waals surface area contributed by atoms with E-state index in [-0.39, 0.29) is 11.4 Å². The Morgan fingerprint density at radius 3 is 2.00 bits per heavy atom. The summed E-state index contributed by atoms with van der Waals surface area (Å²) in [5, 5.41) is 0. The van der Waals surface area contributed by atoms with Crippen LogP contribution in [-0.2, 0) is 19.6 Å². The van der Waals surface area contributed by atoms with Gasteiger partial charge < -0.3 is 14.2 Å². The minimum Gasteiger partial charge on any atom is -0.748 e. The van der Waals surface area contributed by atoms with E-state index in [1.54, 1.807) is 0 Å². The number of carbonyl (C=O) groups is 1. The molecule has 1 N–H and O–H groups in total. The fourth-order valence-corrected chi connectivity index (χ4v) is 0.688. The Balaban J connectivity index is 0. The molecule has 0 saturated carbocycles. The van der Waals surface area contributed by atoms with Gasteiger partial charge in [0.2, 0.25) is 0 Å². The molecule has 0 aliphatic rings. The number of esters is 1. The van der Waals surface area contributed by atoms with Crippen LogP contribution in [0.5, 0.6) is 0 Å². The monoisotopic (exact) mass is 283 g/mol. The van der Waals surface area contributed by atoms with Crippen LogP contribution in [0, 0.1) is 5.41 Å². The maximum absolute atomic E-state index is 11.4. The van der Waals surface area contributed by atoms with Gasteiger partial charge in [0.25, 0.3) is 0 Å². The van der Waals surface area contributed by atoms with Crippen molar-refractivity contribution >= 4 is 16.1 Å². The SMILES string of the molecule is CCC(C)(C)C(=O)OCC[NH+](C)C.CS(=O)(=O)[O-]. The number of rotatable bonds is 5. The van der Waals surface area contributed by atoms with E-state index < -0.39 is 10.1 Å². The van der Waals surface area contributed by atoms with E-state index in [1.807, 2.05) is 34.9 Å². The predicted molar refractivity (Wildman–Crippen MR) is 68.3 cm³/mol. The third-order valence-electron chi connectivity index (χ3n) is 2.27. The van der Waals surface area contributed by atoms with Crippen LogP contribution < -0.4 is 4.90 Å². The lowest BCUT2D eigenvalue weighted by Crippen LogP contribution is -3.06. The van der Waals surface area contributed by atoms with Crippen molar-refractivity contribution in [3.05, 3.63) is 0 Å². The number of ether oxygens (including phenoxy) is 1. The van der Waals surface area contributed by atoms with Crippen molar-refractivity contribution in [2.45, 2.75) is 27.2 Å². The average Bonchev–Trinajstić information content (AvgIpc) is 2.14. The standard InChI is InChI=1S/C10H21NO2.CH4O3S/c1-6-10(2,3)9(12)13-8-7-11(4)5;1-5(2,3)4/h6-8H2,1-5H3;1H3,(H,2,3,4). The van der Waals surface area contributed by atoms with Crippen LogP contribution in [-0.4, -0.2) is 52.4 Å². The number of carbonyl (C=O) groups excluding carboxylic acids is 1. The lowest BCUT2D eigenvalue weighted by Gasteiger charge is -2.20. The van der Waals surface area contributed by atoms with Gasteiger partial charge in [0.05, 0.1) is 29.6 Å². The molecule has 0 fully saturated rings. The van der Waals surface area contributed by atoms with Crippen LogP contribution in [0.15, 0.2) is 0 Å². The highest BCUT2D eigenvalue weighted by molar-refractivity contribution is 7.84. The van der Waals surface area contributed by atoms with E-state index in [2.05, 4.69) is 0 Å². The second-order valence-electron chi connectivity index (χ2n) is 5.03. The van der Waals surface area contributed by atoms with Gasteiger partial charge in [-0.1, -0.05) is 6.92 Å². The van der Waals surface area contributed by atoms with Gasteiger partial charge in [0.15, 0.2) is 0 Å². The van der Waals surface area contributed by atoms with Crippen molar-refractivity contribution in [1.29, 1.82) is 0 Å². The summed E-state index contributed by atoms with van der Waals surface area (Å²) < 4.78 is 32.4. The second-order valence-corrected chi connectivity index (χ2v) is 6.44. The van der Waals surface area contributed by atoms with Crippen LogP contribution in [0.25, 0.3) is 0 Å². The Hall–Kier alpha value is -0.660. The molecule has 6 nitrogen and oxygen atoms in total. The molecule has 7 heteroatoms. The molecule has 0 saturated heterocycles. The molecule has 0 atom stereocenters. The van der Waals surface area contributed by atoms with Crippen molar-refractivity contribution < 1.29 is 27.4 Å². The van der Waals surface area contributed by atoms with Gasteiger partial charge in [0, 0.05) is 6.26 Å². The third kappa shape index (κ3) is 15.3. The first-order valence-electron chi connectivity index (χ1n) is 5.77. The molecule has 0 spiro atoms. The highest BCUT2D eigenvalue weighted by Gasteiger charge is 2.26. The largest absolute Gasteiger partial charge is 0.748 e. The van der Waals surface area contributed by atoms with Gasteiger partial charge in [0.1, 0.15) is 13.2 Å². The lowest BCUT2D eigenvalue weighted by molar-refractivity contribution is -0.858. The van der Waals surface area contributed by atoms with Crippen LogP contribution >= 0.6 is 0 Å². The van der Waals surface area contributed by atoms with Crippen LogP contribution in [0.4, 0.5) is 0 Å². The molecule has 0 bridgehead atoms. The molecule has 0 amide bonds. The predicted octanol–water partition coefficient (Wildman–Crippen LogP) is -0.728. The maximum Gasteiger partial charge on any atom is 0.311 e. The molecule has 0 aromatic carbocycles. The molecular weight excluding hydrogens is 258 g/mol. The number of hydrogen-bond donors (Lipinski definition) is 1. The van der Waals surface area contributed by atoms with E-state index in [0.717, 1.165) is 13.0 Å². The fraction of sp³-hybridized carbons (Fsp3) is 0.909. The van der Waals surface area contributed by atoms with E-state index in [1.165, 1.54) is 4.90 Å². The molecule has 0 aliphatic carbocycles. The van der Waals surface area contributed by atoms with Crippen molar-refractivity contribution in [1.82, 2.24) is 0 Å². The van der Waals surface area contributed by atoms with Gasteiger partial charge >= 0.3 is 5.97 Å². The van der Waals surface area contributed by atoms with Gasteiger partial charge in [-0.25, -0.2) is 8.42 Å². The molecule has 0 aromatic heterocycles. The van der Waals surface area contributed by atoms with Crippen molar-refractivity contribution in [2.24, 2.45) is 5.41 Å². The summed E-state index contributed by atoms with van der Waals surface area (Å²) in [6, 6.07) is 0. The zero-order valence-electron chi connectivity index (χ0n) is 12.1. The lowest BCUT2D eigenvalue weighted by atomic mass is 9.91. The summed E-state index contributed by atoms with van der Waals surface area (Å²) in [7, 11) is 0.164. The molecule has 18 heavy (non-hydrogen) atoms. The second kappa shape index (κ2) is 8.44. The minimum absolute atomic E-state index is 0.0868. The van der Waals surface area contributed by atoms with Crippen LogP contribution in [0.2, 0.25) is 0 Å². The maximum atomic E-state index is 11.4. The first kappa shape index (κ1) is 19.7. The topological polar surface area (TPSA) is 87.9 Å². The van der Waals surface area contributed by atoms with Crippen molar-refractivity contribution in [3.8, 4) is 0 Å². The number of nitrogens with one attached hydrogen (secondary N) is 1. The van der Waals surface area contributed by atoms with Crippen LogP contribution in [0.3, 0.4) is 0 Å². The summed E-state index contributed by atoms with van der Waals surface area (Å²) in [6.07, 6.45) is 1.42. The molecule has 0 aromatic rings. The molecule has 0 unspecified atom stereocenters. The zero-order valence-corrected chi connectivity index (χ0v) is 12.9. The van der Waals surface area contributed by atoms with Gasteiger partial charge in [-0.05, 0) is 20.3 Å². The Labute approximate surface area is 110 Å². The Kier molecular flexibility index (Phi) is 9.23. The Bertz CT molecular complexity index is 327. The smallest absolute Gasteiger partial charge is 0.311 e. The highest BCUT2D eigenvalue weighted by atomic mass is 32.2. The molecule has 110 valence electrons. The summed E-state index contributed by atoms with van der Waals surface area (Å²) in [4.78, 5) is 12.7. The van der Waals surface area contributed by atoms with Crippen molar-refractivity contribution in [3.63, 3.8) is 0 Å². The van der Waals surface area contributed by atoms with Gasteiger partial charge in [-0.15, -0.1) is 0 Å². The quantitative estimate of drug-likeness (QED) is 0.531. The Morgan fingerprint density at radius 2 is 1.72 bits per heavy atom. The number of quaternary nitrogens is 1. The van der Waals surface area contributed by atoms with E-state index >= 15 is 0 Å². The molecule has 0 aliphatic heterocycles. The first-order valence-corrected chi connectivity index (χ1v) is 7.59. The van der Waals surface area contributed by atoms with E-state index in [0.29, 0.717) is 12.9 Å². The minimum atomic E-state index is -3.92. The summed E-state index contributed by atoms with van der Waals surface area (Å²) in [5.41, 5.74) is -0.332. The highest BCUT2D eigenvalue weighted by Crippen LogP contribution is 2.20. The van der Waals surface area contributed by atoms with Gasteiger partial charge in [-0.2, -0.15) is 0 Å². The summed E-state index contributed by atoms with van der Waals surface area (Å²) in [5.74, 6) is -0.0868. The zero-order chi connectivity index (χ0) is 15.0. The van der Waals surface area contributed by atoms with E-state index in [4.69, 9.17) is 17.7 Å². The normalized spacial score (nSPS) is 11.8. The molecule has 0 radical (unpaired) electrons. The third-order valence-corrected chi connectivity index (χ3v) is 2.27. The first-order chi connectivity index (χ1) is 7.90. The number of likely N-dealkylation sites (N-methyl/N-ethyl adjacent to an activating group) is 1. The van der Waals surface area contributed by atoms with Gasteiger partial charge in [-0.3, -0.25) is 4.79 Å². The summed E-state index contributed by atoms with van der Waals surface area (Å²) in [6.45, 7) is 7.21. The van der Waals surface area contributed by atoms with Crippen LogP contribution in [0.1, 0.15) is 27.2 Å². The Morgan fingerprint density at radius 1 is 1.33 bits per heavy atom. The molecule has 0 heterocycles. The molecule has 0 rings (SSSR count).